The molecule has 1 aromatic heterocycles. The summed E-state index contributed by atoms with van der Waals surface area (Å²) in [7, 11) is 0. The maximum atomic E-state index is 6.22. The zero-order chi connectivity index (χ0) is 14.0. The van der Waals surface area contributed by atoms with E-state index in [1.807, 2.05) is 12.1 Å². The monoisotopic (exact) mass is 281 g/mol. The predicted molar refractivity (Wildman–Crippen MR) is 81.8 cm³/mol. The fraction of sp³-hybridized carbons (Fsp3) is 0.667. The van der Waals surface area contributed by atoms with Gasteiger partial charge in [-0.2, -0.15) is 0 Å². The molecule has 0 amide bonds. The molecule has 4 heteroatoms. The summed E-state index contributed by atoms with van der Waals surface area (Å²) >= 11 is 6.22. The van der Waals surface area contributed by atoms with Gasteiger partial charge in [-0.15, -0.1) is 0 Å². The fourth-order valence-electron chi connectivity index (χ4n) is 2.38. The molecule has 1 aromatic rings. The maximum Gasteiger partial charge on any atom is 0.128 e. The predicted octanol–water partition coefficient (Wildman–Crippen LogP) is 3.47. The number of pyridine rings is 1. The molecular weight excluding hydrogens is 258 g/mol. The Labute approximate surface area is 121 Å². The second-order valence-corrected chi connectivity index (χ2v) is 6.88. The van der Waals surface area contributed by atoms with E-state index in [4.69, 9.17) is 16.6 Å². The van der Waals surface area contributed by atoms with Crippen LogP contribution in [0.15, 0.2) is 12.1 Å². The third-order valence-electron chi connectivity index (χ3n) is 3.58. The number of halogens is 1. The molecule has 0 atom stereocenters. The number of nitrogens with zero attached hydrogens (tertiary/aromatic N) is 2. The smallest absolute Gasteiger partial charge is 0.128 e. The molecule has 2 rings (SSSR count). The molecule has 0 saturated carbocycles. The molecule has 1 fully saturated rings. The summed E-state index contributed by atoms with van der Waals surface area (Å²) in [5, 5.41) is 4.12. The summed E-state index contributed by atoms with van der Waals surface area (Å²) in [6, 6.07) is 4.43. The Bertz CT molecular complexity index is 443. The van der Waals surface area contributed by atoms with Crippen molar-refractivity contribution in [2.24, 2.45) is 5.41 Å². The number of nitrogens with one attached hydrogen (secondary N) is 1. The average molecular weight is 282 g/mol. The van der Waals surface area contributed by atoms with Crippen molar-refractivity contribution in [1.29, 1.82) is 0 Å². The van der Waals surface area contributed by atoms with Gasteiger partial charge in [-0.3, -0.25) is 0 Å². The van der Waals surface area contributed by atoms with E-state index in [-0.39, 0.29) is 0 Å². The zero-order valence-corrected chi connectivity index (χ0v) is 13.1. The quantitative estimate of drug-likeness (QED) is 0.916. The summed E-state index contributed by atoms with van der Waals surface area (Å²) in [4.78, 5) is 7.08. The third kappa shape index (κ3) is 3.83. The van der Waals surface area contributed by atoms with Crippen LogP contribution in [0, 0.1) is 5.41 Å². The molecule has 0 bridgehead atoms. The lowest BCUT2D eigenvalue weighted by Gasteiger charge is -2.21. The number of hydrogen-bond acceptors (Lipinski definition) is 3. The average Bonchev–Trinajstić information content (AvgIpc) is 2.68. The van der Waals surface area contributed by atoms with Gasteiger partial charge in [0.1, 0.15) is 5.82 Å². The molecule has 1 N–H and O–H groups in total. The van der Waals surface area contributed by atoms with Crippen molar-refractivity contribution in [3.05, 3.63) is 22.8 Å². The van der Waals surface area contributed by atoms with Crippen LogP contribution in [-0.2, 0) is 6.54 Å². The van der Waals surface area contributed by atoms with Gasteiger partial charge >= 0.3 is 0 Å². The van der Waals surface area contributed by atoms with Crippen LogP contribution in [0.4, 0.5) is 5.82 Å². The van der Waals surface area contributed by atoms with Gasteiger partial charge in [0.25, 0.3) is 0 Å². The lowest BCUT2D eigenvalue weighted by molar-refractivity contribution is 0.418. The molecule has 0 unspecified atom stereocenters. The highest BCUT2D eigenvalue weighted by Crippen LogP contribution is 2.32. The van der Waals surface area contributed by atoms with Crippen LogP contribution >= 0.6 is 11.6 Å². The minimum atomic E-state index is 0.387. The summed E-state index contributed by atoms with van der Waals surface area (Å²) in [6.45, 7) is 11.7. The van der Waals surface area contributed by atoms with Gasteiger partial charge in [0, 0.05) is 25.7 Å². The van der Waals surface area contributed by atoms with E-state index >= 15 is 0 Å². The van der Waals surface area contributed by atoms with Gasteiger partial charge in [0.05, 0.1) is 10.7 Å². The van der Waals surface area contributed by atoms with Crippen LogP contribution in [0.5, 0.6) is 0 Å². The van der Waals surface area contributed by atoms with Crippen LogP contribution in [0.1, 0.15) is 39.8 Å². The zero-order valence-electron chi connectivity index (χ0n) is 12.3. The Kier molecular flexibility index (Phi) is 4.36. The first kappa shape index (κ1) is 14.6. The van der Waals surface area contributed by atoms with Crippen LogP contribution < -0.4 is 10.2 Å². The van der Waals surface area contributed by atoms with Gasteiger partial charge in [0.15, 0.2) is 0 Å². The van der Waals surface area contributed by atoms with Crippen LogP contribution in [-0.4, -0.2) is 24.1 Å². The molecule has 19 heavy (non-hydrogen) atoms. The first-order valence-corrected chi connectivity index (χ1v) is 7.39. The highest BCUT2D eigenvalue weighted by molar-refractivity contribution is 6.31. The van der Waals surface area contributed by atoms with Gasteiger partial charge < -0.3 is 10.2 Å². The Balaban J connectivity index is 2.12. The largest absolute Gasteiger partial charge is 0.356 e. The number of hydrogen-bond donors (Lipinski definition) is 1. The summed E-state index contributed by atoms with van der Waals surface area (Å²) in [5.41, 5.74) is 1.33. The van der Waals surface area contributed by atoms with E-state index in [0.29, 0.717) is 11.5 Å². The van der Waals surface area contributed by atoms with E-state index in [1.165, 1.54) is 6.42 Å². The third-order valence-corrected chi connectivity index (χ3v) is 3.93. The minimum Gasteiger partial charge on any atom is -0.356 e. The van der Waals surface area contributed by atoms with Crippen LogP contribution in [0.25, 0.3) is 0 Å². The summed E-state index contributed by atoms with van der Waals surface area (Å²) in [6.07, 6.45) is 1.22. The second-order valence-electron chi connectivity index (χ2n) is 6.47. The van der Waals surface area contributed by atoms with E-state index in [1.54, 1.807) is 0 Å². The van der Waals surface area contributed by atoms with Gasteiger partial charge in [-0.05, 0) is 24.0 Å². The highest BCUT2D eigenvalue weighted by atomic mass is 35.5. The summed E-state index contributed by atoms with van der Waals surface area (Å²) < 4.78 is 0. The fourth-order valence-corrected chi connectivity index (χ4v) is 2.55. The van der Waals surface area contributed by atoms with Gasteiger partial charge in [0.2, 0.25) is 0 Å². The van der Waals surface area contributed by atoms with Crippen LogP contribution in [0.2, 0.25) is 5.02 Å². The number of aromatic nitrogens is 1. The van der Waals surface area contributed by atoms with E-state index < -0.39 is 0 Å². The topological polar surface area (TPSA) is 28.2 Å². The lowest BCUT2D eigenvalue weighted by Crippen LogP contribution is -2.25. The Hall–Kier alpha value is -0.800. The summed E-state index contributed by atoms with van der Waals surface area (Å²) in [5.74, 6) is 1.05. The molecule has 0 radical (unpaired) electrons. The number of anilines is 1. The van der Waals surface area contributed by atoms with E-state index in [9.17, 15) is 0 Å². The molecule has 1 aliphatic rings. The highest BCUT2D eigenvalue weighted by Gasteiger charge is 2.30. The Morgan fingerprint density at radius 3 is 2.74 bits per heavy atom. The Morgan fingerprint density at radius 2 is 2.16 bits per heavy atom. The molecular formula is C15H24ClN3. The first-order chi connectivity index (χ1) is 8.87. The Morgan fingerprint density at radius 1 is 1.42 bits per heavy atom. The van der Waals surface area contributed by atoms with E-state index in [0.717, 1.165) is 36.2 Å². The number of rotatable bonds is 4. The van der Waals surface area contributed by atoms with Gasteiger partial charge in [-0.25, -0.2) is 4.98 Å². The second kappa shape index (κ2) is 5.68. The lowest BCUT2D eigenvalue weighted by atomic mass is 9.93. The first-order valence-electron chi connectivity index (χ1n) is 7.01. The van der Waals surface area contributed by atoms with Crippen molar-refractivity contribution in [2.45, 2.75) is 46.7 Å². The van der Waals surface area contributed by atoms with Crippen molar-refractivity contribution in [3.63, 3.8) is 0 Å². The molecule has 106 valence electrons. The molecule has 3 nitrogen and oxygen atoms in total. The molecule has 0 spiro atoms. The molecule has 1 saturated heterocycles. The molecule has 0 aromatic carbocycles. The van der Waals surface area contributed by atoms with Crippen molar-refractivity contribution in [1.82, 2.24) is 10.3 Å². The van der Waals surface area contributed by atoms with Crippen molar-refractivity contribution in [3.8, 4) is 0 Å². The molecule has 2 heterocycles. The standard InChI is InChI=1S/C15H24ClN3/c1-11(2)17-9-13-12(16)5-6-14(18-13)19-8-7-15(3,4)10-19/h5-6,11,17H,7-10H2,1-4H3. The normalized spacial score (nSPS) is 18.3. The molecule has 0 aliphatic carbocycles. The van der Waals surface area contributed by atoms with Gasteiger partial charge in [-0.1, -0.05) is 39.3 Å². The molecule has 1 aliphatic heterocycles. The van der Waals surface area contributed by atoms with Crippen molar-refractivity contribution in [2.75, 3.05) is 18.0 Å². The SMILES string of the molecule is CC(C)NCc1nc(N2CCC(C)(C)C2)ccc1Cl. The van der Waals surface area contributed by atoms with E-state index in [2.05, 4.69) is 37.9 Å². The van der Waals surface area contributed by atoms with Crippen LogP contribution in [0.3, 0.4) is 0 Å². The van der Waals surface area contributed by atoms with Crippen molar-refractivity contribution < 1.29 is 0 Å². The maximum absolute atomic E-state index is 6.22. The minimum absolute atomic E-state index is 0.387. The van der Waals surface area contributed by atoms with Crippen molar-refractivity contribution >= 4 is 17.4 Å².